The third-order valence-corrected chi connectivity index (χ3v) is 2.08. The Morgan fingerprint density at radius 2 is 2.50 bits per heavy atom. The smallest absolute Gasteiger partial charge is 0.147 e. The van der Waals surface area contributed by atoms with Gasteiger partial charge in [0.15, 0.2) is 0 Å². The average Bonchev–Trinajstić information content (AvgIpc) is 2.57. The van der Waals surface area contributed by atoms with Gasteiger partial charge in [0.05, 0.1) is 12.3 Å². The molecule has 1 aromatic heterocycles. The van der Waals surface area contributed by atoms with Crippen LogP contribution in [0.5, 0.6) is 0 Å². The molecule has 0 N–H and O–H groups in total. The van der Waals surface area contributed by atoms with Gasteiger partial charge < -0.3 is 4.74 Å². The number of hydrogen-bond donors (Lipinski definition) is 0. The van der Waals surface area contributed by atoms with Gasteiger partial charge in [-0.15, -0.1) is 0 Å². The topological polar surface area (TPSA) is 22.1 Å². The van der Waals surface area contributed by atoms with Crippen LogP contribution in [0.15, 0.2) is 18.5 Å². The summed E-state index contributed by atoms with van der Waals surface area (Å²) in [4.78, 5) is 3.69. The van der Waals surface area contributed by atoms with E-state index in [1.54, 1.807) is 12.3 Å². The van der Waals surface area contributed by atoms with E-state index in [-0.39, 0.29) is 11.9 Å². The zero-order valence-electron chi connectivity index (χ0n) is 6.66. The molecule has 12 heavy (non-hydrogen) atoms. The van der Waals surface area contributed by atoms with Gasteiger partial charge >= 0.3 is 0 Å². The lowest BCUT2D eigenvalue weighted by Crippen LogP contribution is -1.99. The van der Waals surface area contributed by atoms with Gasteiger partial charge in [0, 0.05) is 18.4 Å². The lowest BCUT2D eigenvalue weighted by Gasteiger charge is -2.09. The summed E-state index contributed by atoms with van der Waals surface area (Å²) in [5, 5.41) is 0. The Hall–Kier alpha value is -0.960. The van der Waals surface area contributed by atoms with Crippen molar-refractivity contribution in [3.8, 4) is 0 Å². The van der Waals surface area contributed by atoms with Crippen LogP contribution in [-0.2, 0) is 4.74 Å². The molecular formula is C9H10FNO. The lowest BCUT2D eigenvalue weighted by molar-refractivity contribution is 0.109. The fraction of sp³-hybridized carbons (Fsp3) is 0.444. The molecule has 2 rings (SSSR count). The molecule has 0 aromatic carbocycles. The van der Waals surface area contributed by atoms with Crippen molar-refractivity contribution < 1.29 is 9.13 Å². The lowest BCUT2D eigenvalue weighted by atomic mass is 10.1. The molecule has 1 saturated heterocycles. The predicted molar refractivity (Wildman–Crippen MR) is 42.1 cm³/mol. The summed E-state index contributed by atoms with van der Waals surface area (Å²) < 4.78 is 18.5. The number of nitrogens with zero attached hydrogens (tertiary/aromatic N) is 1. The number of pyridine rings is 1. The first kappa shape index (κ1) is 7.68. The number of aromatic nitrogens is 1. The Morgan fingerprint density at radius 1 is 1.58 bits per heavy atom. The second-order valence-electron chi connectivity index (χ2n) is 2.90. The minimum atomic E-state index is -0.260. The summed E-state index contributed by atoms with van der Waals surface area (Å²) in [5.74, 6) is -0.260. The van der Waals surface area contributed by atoms with E-state index in [2.05, 4.69) is 4.98 Å². The second kappa shape index (κ2) is 3.19. The fourth-order valence-electron chi connectivity index (χ4n) is 1.47. The van der Waals surface area contributed by atoms with Gasteiger partial charge in [0.2, 0.25) is 0 Å². The Labute approximate surface area is 70.4 Å². The summed E-state index contributed by atoms with van der Waals surface area (Å²) in [5.41, 5.74) is 0.641. The Balaban J connectivity index is 2.26. The Kier molecular flexibility index (Phi) is 2.04. The first-order chi connectivity index (χ1) is 5.88. The molecule has 1 atom stereocenters. The van der Waals surface area contributed by atoms with E-state index in [1.165, 1.54) is 6.20 Å². The third kappa shape index (κ3) is 1.32. The summed E-state index contributed by atoms with van der Waals surface area (Å²) in [7, 11) is 0. The maximum atomic E-state index is 13.1. The van der Waals surface area contributed by atoms with Crippen molar-refractivity contribution in [1.29, 1.82) is 0 Å². The van der Waals surface area contributed by atoms with Crippen LogP contribution in [-0.4, -0.2) is 11.6 Å². The van der Waals surface area contributed by atoms with Crippen LogP contribution >= 0.6 is 0 Å². The van der Waals surface area contributed by atoms with E-state index in [1.807, 2.05) is 0 Å². The Bertz CT molecular complexity index is 271. The van der Waals surface area contributed by atoms with Crippen molar-refractivity contribution in [2.75, 3.05) is 6.61 Å². The quantitative estimate of drug-likeness (QED) is 0.638. The maximum Gasteiger partial charge on any atom is 0.147 e. The molecule has 0 radical (unpaired) electrons. The number of ether oxygens (including phenoxy) is 1. The molecule has 1 aromatic rings. The molecule has 0 spiro atoms. The van der Waals surface area contributed by atoms with E-state index in [0.29, 0.717) is 5.56 Å². The van der Waals surface area contributed by atoms with Crippen LogP contribution in [0.25, 0.3) is 0 Å². The van der Waals surface area contributed by atoms with Crippen LogP contribution < -0.4 is 0 Å². The highest BCUT2D eigenvalue weighted by Crippen LogP contribution is 2.29. The summed E-state index contributed by atoms with van der Waals surface area (Å²) in [6.45, 7) is 0.742. The number of hydrogen-bond acceptors (Lipinski definition) is 2. The molecule has 1 aliphatic rings. The largest absolute Gasteiger partial charge is 0.373 e. The van der Waals surface area contributed by atoms with Gasteiger partial charge in [-0.05, 0) is 18.9 Å². The second-order valence-corrected chi connectivity index (χ2v) is 2.90. The van der Waals surface area contributed by atoms with Crippen LogP contribution in [0.2, 0.25) is 0 Å². The highest BCUT2D eigenvalue weighted by Gasteiger charge is 2.20. The SMILES string of the molecule is Fc1cnccc1[C@H]1CCCO1. The fourth-order valence-corrected chi connectivity index (χ4v) is 1.47. The number of halogens is 1. The van der Waals surface area contributed by atoms with Crippen molar-refractivity contribution >= 4 is 0 Å². The molecule has 1 fully saturated rings. The molecule has 0 aliphatic carbocycles. The minimum absolute atomic E-state index is 0.0481. The molecule has 0 saturated carbocycles. The summed E-state index contributed by atoms with van der Waals surface area (Å²) in [6, 6.07) is 1.69. The maximum absolute atomic E-state index is 13.1. The van der Waals surface area contributed by atoms with Crippen LogP contribution in [0, 0.1) is 5.82 Å². The van der Waals surface area contributed by atoms with E-state index >= 15 is 0 Å². The number of rotatable bonds is 1. The highest BCUT2D eigenvalue weighted by atomic mass is 19.1. The molecule has 3 heteroatoms. The predicted octanol–water partition coefficient (Wildman–Crippen LogP) is 2.07. The van der Waals surface area contributed by atoms with Crippen molar-refractivity contribution in [2.24, 2.45) is 0 Å². The van der Waals surface area contributed by atoms with Gasteiger partial charge in [-0.1, -0.05) is 0 Å². The van der Waals surface area contributed by atoms with Gasteiger partial charge in [-0.2, -0.15) is 0 Å². The summed E-state index contributed by atoms with van der Waals surface area (Å²) in [6.07, 6.45) is 4.72. The van der Waals surface area contributed by atoms with Crippen LogP contribution in [0.3, 0.4) is 0 Å². The van der Waals surface area contributed by atoms with Crippen molar-refractivity contribution in [3.05, 3.63) is 29.8 Å². The van der Waals surface area contributed by atoms with Crippen LogP contribution in [0.4, 0.5) is 4.39 Å². The van der Waals surface area contributed by atoms with E-state index < -0.39 is 0 Å². The van der Waals surface area contributed by atoms with E-state index in [4.69, 9.17) is 4.74 Å². The van der Waals surface area contributed by atoms with Gasteiger partial charge in [-0.3, -0.25) is 4.98 Å². The van der Waals surface area contributed by atoms with Gasteiger partial charge in [-0.25, -0.2) is 4.39 Å². The zero-order chi connectivity index (χ0) is 8.39. The van der Waals surface area contributed by atoms with Crippen molar-refractivity contribution in [3.63, 3.8) is 0 Å². The van der Waals surface area contributed by atoms with Crippen molar-refractivity contribution in [2.45, 2.75) is 18.9 Å². The summed E-state index contributed by atoms with van der Waals surface area (Å²) >= 11 is 0. The normalized spacial score (nSPS) is 22.9. The Morgan fingerprint density at radius 3 is 3.17 bits per heavy atom. The average molecular weight is 167 g/mol. The third-order valence-electron chi connectivity index (χ3n) is 2.08. The van der Waals surface area contributed by atoms with Crippen molar-refractivity contribution in [1.82, 2.24) is 4.98 Å². The van der Waals surface area contributed by atoms with E-state index in [0.717, 1.165) is 19.4 Å². The van der Waals surface area contributed by atoms with Gasteiger partial charge in [0.25, 0.3) is 0 Å². The highest BCUT2D eigenvalue weighted by molar-refractivity contribution is 5.16. The molecule has 0 amide bonds. The molecule has 0 bridgehead atoms. The molecule has 0 unspecified atom stereocenters. The van der Waals surface area contributed by atoms with Gasteiger partial charge in [0.1, 0.15) is 5.82 Å². The van der Waals surface area contributed by atoms with E-state index in [9.17, 15) is 4.39 Å². The molecule has 1 aliphatic heterocycles. The van der Waals surface area contributed by atoms with Crippen LogP contribution in [0.1, 0.15) is 24.5 Å². The first-order valence-corrected chi connectivity index (χ1v) is 4.09. The minimum Gasteiger partial charge on any atom is -0.373 e. The standard InChI is InChI=1S/C9H10FNO/c10-8-6-11-4-3-7(8)9-2-1-5-12-9/h3-4,6,9H,1-2,5H2/t9-/m1/s1. The first-order valence-electron chi connectivity index (χ1n) is 4.09. The molecular weight excluding hydrogens is 157 g/mol. The monoisotopic (exact) mass is 167 g/mol. The molecule has 2 nitrogen and oxygen atoms in total. The molecule has 64 valence electrons. The zero-order valence-corrected chi connectivity index (χ0v) is 6.66. The molecule has 2 heterocycles.